The minimum Gasteiger partial charge on any atom is -0.491 e. The van der Waals surface area contributed by atoms with Gasteiger partial charge in [-0.15, -0.1) is 0 Å². The maximum Gasteiger partial charge on any atom is 0.305 e. The number of rotatable bonds is 15. The number of halogens is 1. The van der Waals surface area contributed by atoms with Crippen molar-refractivity contribution in [2.75, 3.05) is 13.2 Å². The fraction of sp³-hybridized carbons (Fsp3) is 0.519. The molecule has 2 rings (SSSR count). The van der Waals surface area contributed by atoms with Crippen LogP contribution in [0.4, 0.5) is 4.39 Å². The number of esters is 1. The first-order valence-electron chi connectivity index (χ1n) is 11.9. The first kappa shape index (κ1) is 25.7. The third-order valence-corrected chi connectivity index (χ3v) is 5.18. The third kappa shape index (κ3) is 9.29. The SMILES string of the molecule is CCCCCCOc1ccc(-c2ccc(OC(C)COC(=O)CCCCC)cc2)cc1F. The molecule has 0 aromatic heterocycles. The molecular weight excluding hydrogens is 407 g/mol. The molecule has 4 nitrogen and oxygen atoms in total. The van der Waals surface area contributed by atoms with Crippen molar-refractivity contribution in [3.63, 3.8) is 0 Å². The Labute approximate surface area is 192 Å². The molecule has 0 heterocycles. The Morgan fingerprint density at radius 1 is 0.906 bits per heavy atom. The monoisotopic (exact) mass is 444 g/mol. The van der Waals surface area contributed by atoms with E-state index >= 15 is 0 Å². The smallest absolute Gasteiger partial charge is 0.305 e. The fourth-order valence-corrected chi connectivity index (χ4v) is 3.30. The van der Waals surface area contributed by atoms with Gasteiger partial charge < -0.3 is 14.2 Å². The Kier molecular flexibility index (Phi) is 11.6. The van der Waals surface area contributed by atoms with Gasteiger partial charge >= 0.3 is 5.97 Å². The van der Waals surface area contributed by atoms with E-state index in [1.165, 1.54) is 18.9 Å². The van der Waals surface area contributed by atoms with Crippen LogP contribution >= 0.6 is 0 Å². The quantitative estimate of drug-likeness (QED) is 0.213. The standard InChI is InChI=1S/C27H37FO4/c1-4-6-8-10-18-30-26-17-14-23(19-25(26)28)22-12-15-24(16-13-22)32-21(3)20-31-27(29)11-9-7-5-2/h12-17,19,21H,4-11,18,20H2,1-3H3. The highest BCUT2D eigenvalue weighted by atomic mass is 19.1. The highest BCUT2D eigenvalue weighted by Crippen LogP contribution is 2.27. The van der Waals surface area contributed by atoms with Crippen LogP contribution in [-0.4, -0.2) is 25.3 Å². The number of carbonyl (C=O) groups excluding carboxylic acids is 1. The molecule has 0 bridgehead atoms. The summed E-state index contributed by atoms with van der Waals surface area (Å²) in [6, 6.07) is 12.5. The Balaban J connectivity index is 1.82. The topological polar surface area (TPSA) is 44.8 Å². The van der Waals surface area contributed by atoms with Crippen LogP contribution in [0.5, 0.6) is 11.5 Å². The highest BCUT2D eigenvalue weighted by molar-refractivity contribution is 5.69. The van der Waals surface area contributed by atoms with Crippen LogP contribution in [0.1, 0.15) is 72.1 Å². The second-order valence-corrected chi connectivity index (χ2v) is 8.15. The molecule has 2 aromatic carbocycles. The van der Waals surface area contributed by atoms with E-state index < -0.39 is 0 Å². The first-order valence-corrected chi connectivity index (χ1v) is 11.9. The van der Waals surface area contributed by atoms with Crippen LogP contribution in [0.3, 0.4) is 0 Å². The molecule has 5 heteroatoms. The summed E-state index contributed by atoms with van der Waals surface area (Å²) < 4.78 is 31.1. The molecule has 0 radical (unpaired) electrons. The number of hydrogen-bond donors (Lipinski definition) is 0. The van der Waals surface area contributed by atoms with Gasteiger partial charge in [0.25, 0.3) is 0 Å². The molecule has 176 valence electrons. The Morgan fingerprint density at radius 2 is 1.59 bits per heavy atom. The summed E-state index contributed by atoms with van der Waals surface area (Å²) in [4.78, 5) is 11.7. The number of unbranched alkanes of at least 4 members (excludes halogenated alkanes) is 5. The number of carbonyl (C=O) groups is 1. The van der Waals surface area contributed by atoms with E-state index in [0.29, 0.717) is 24.5 Å². The van der Waals surface area contributed by atoms with E-state index in [0.717, 1.165) is 43.2 Å². The Bertz CT molecular complexity index is 804. The molecule has 0 fully saturated rings. The van der Waals surface area contributed by atoms with E-state index in [9.17, 15) is 9.18 Å². The van der Waals surface area contributed by atoms with Gasteiger partial charge in [0.1, 0.15) is 18.5 Å². The molecule has 0 saturated heterocycles. The molecule has 1 unspecified atom stereocenters. The Morgan fingerprint density at radius 3 is 2.28 bits per heavy atom. The summed E-state index contributed by atoms with van der Waals surface area (Å²) in [5.74, 6) is 0.436. The van der Waals surface area contributed by atoms with Crippen molar-refractivity contribution in [1.82, 2.24) is 0 Å². The Hall–Kier alpha value is -2.56. The molecule has 0 aliphatic carbocycles. The number of ether oxygens (including phenoxy) is 3. The maximum atomic E-state index is 14.4. The average Bonchev–Trinajstić information content (AvgIpc) is 2.79. The summed E-state index contributed by atoms with van der Waals surface area (Å²) in [5, 5.41) is 0. The van der Waals surface area contributed by atoms with Crippen molar-refractivity contribution in [3.8, 4) is 22.6 Å². The average molecular weight is 445 g/mol. The lowest BCUT2D eigenvalue weighted by atomic mass is 10.1. The van der Waals surface area contributed by atoms with Crippen LogP contribution in [0.25, 0.3) is 11.1 Å². The van der Waals surface area contributed by atoms with Gasteiger partial charge in [-0.2, -0.15) is 0 Å². The second-order valence-electron chi connectivity index (χ2n) is 8.15. The van der Waals surface area contributed by atoms with E-state index in [4.69, 9.17) is 14.2 Å². The first-order chi connectivity index (χ1) is 15.5. The number of hydrogen-bond acceptors (Lipinski definition) is 4. The molecule has 0 amide bonds. The zero-order valence-electron chi connectivity index (χ0n) is 19.7. The molecular formula is C27H37FO4. The number of benzene rings is 2. The van der Waals surface area contributed by atoms with E-state index in [1.54, 1.807) is 6.07 Å². The van der Waals surface area contributed by atoms with Gasteiger partial charge in [-0.25, -0.2) is 4.39 Å². The molecule has 0 aliphatic rings. The van der Waals surface area contributed by atoms with Crippen LogP contribution in [0.15, 0.2) is 42.5 Å². The van der Waals surface area contributed by atoms with Gasteiger partial charge in [-0.1, -0.05) is 64.2 Å². The van der Waals surface area contributed by atoms with Gasteiger partial charge in [0.15, 0.2) is 11.6 Å². The minimum absolute atomic E-state index is 0.181. The van der Waals surface area contributed by atoms with Gasteiger partial charge in [-0.3, -0.25) is 4.79 Å². The lowest BCUT2D eigenvalue weighted by molar-refractivity contribution is -0.145. The van der Waals surface area contributed by atoms with Crippen molar-refractivity contribution in [2.24, 2.45) is 0 Å². The van der Waals surface area contributed by atoms with E-state index in [-0.39, 0.29) is 24.5 Å². The zero-order chi connectivity index (χ0) is 23.2. The lowest BCUT2D eigenvalue weighted by Gasteiger charge is -2.15. The normalized spacial score (nSPS) is 11.8. The van der Waals surface area contributed by atoms with E-state index in [2.05, 4.69) is 13.8 Å². The molecule has 0 N–H and O–H groups in total. The van der Waals surface area contributed by atoms with Crippen molar-refractivity contribution >= 4 is 5.97 Å². The van der Waals surface area contributed by atoms with Gasteiger partial charge in [0, 0.05) is 6.42 Å². The summed E-state index contributed by atoms with van der Waals surface area (Å²) in [5.41, 5.74) is 1.67. The summed E-state index contributed by atoms with van der Waals surface area (Å²) in [7, 11) is 0. The second kappa shape index (κ2) is 14.5. The van der Waals surface area contributed by atoms with Crippen molar-refractivity contribution in [3.05, 3.63) is 48.3 Å². The summed E-state index contributed by atoms with van der Waals surface area (Å²) >= 11 is 0. The predicted molar refractivity (Wildman–Crippen MR) is 127 cm³/mol. The highest BCUT2D eigenvalue weighted by Gasteiger charge is 2.10. The minimum atomic E-state index is -0.354. The fourth-order valence-electron chi connectivity index (χ4n) is 3.30. The molecule has 0 saturated carbocycles. The molecule has 1 atom stereocenters. The molecule has 2 aromatic rings. The van der Waals surface area contributed by atoms with Gasteiger partial charge in [0.2, 0.25) is 0 Å². The zero-order valence-corrected chi connectivity index (χ0v) is 19.7. The maximum absolute atomic E-state index is 14.4. The van der Waals surface area contributed by atoms with Crippen molar-refractivity contribution in [2.45, 2.75) is 78.2 Å². The van der Waals surface area contributed by atoms with Crippen molar-refractivity contribution in [1.29, 1.82) is 0 Å². The molecule has 32 heavy (non-hydrogen) atoms. The summed E-state index contributed by atoms with van der Waals surface area (Å²) in [6.45, 7) is 6.88. The van der Waals surface area contributed by atoms with Gasteiger partial charge in [-0.05, 0) is 55.2 Å². The van der Waals surface area contributed by atoms with Crippen LogP contribution < -0.4 is 9.47 Å². The van der Waals surface area contributed by atoms with Crippen LogP contribution in [-0.2, 0) is 9.53 Å². The van der Waals surface area contributed by atoms with Crippen molar-refractivity contribution < 1.29 is 23.4 Å². The molecule has 0 aliphatic heterocycles. The van der Waals surface area contributed by atoms with E-state index in [1.807, 2.05) is 37.3 Å². The largest absolute Gasteiger partial charge is 0.491 e. The third-order valence-electron chi connectivity index (χ3n) is 5.18. The van der Waals surface area contributed by atoms with Crippen LogP contribution in [0.2, 0.25) is 0 Å². The summed E-state index contributed by atoms with van der Waals surface area (Å²) in [6.07, 6.45) is 7.55. The predicted octanol–water partition coefficient (Wildman–Crippen LogP) is 7.34. The lowest BCUT2D eigenvalue weighted by Crippen LogP contribution is -2.21. The van der Waals surface area contributed by atoms with Crippen LogP contribution in [0, 0.1) is 5.82 Å². The molecule has 0 spiro atoms. The van der Waals surface area contributed by atoms with Gasteiger partial charge in [0.05, 0.1) is 6.61 Å².